The number of rotatable bonds is 3. The fourth-order valence-corrected chi connectivity index (χ4v) is 0.774. The number of amides is 1. The van der Waals surface area contributed by atoms with E-state index < -0.39 is 0 Å². The van der Waals surface area contributed by atoms with Crippen LogP contribution in [0.5, 0.6) is 0 Å². The minimum atomic E-state index is -0.327. The van der Waals surface area contributed by atoms with Crippen LogP contribution in [0.4, 0.5) is 0 Å². The van der Waals surface area contributed by atoms with Gasteiger partial charge < -0.3 is 0 Å². The topological polar surface area (TPSA) is 73.7 Å². The lowest BCUT2D eigenvalue weighted by Gasteiger charge is -1.97. The molecule has 0 unspecified atom stereocenters. The number of carbonyl (C=O) groups excluding carboxylic acids is 1. The van der Waals surface area contributed by atoms with Gasteiger partial charge >= 0.3 is 0 Å². The molecule has 0 fully saturated rings. The van der Waals surface area contributed by atoms with Gasteiger partial charge in [0.05, 0.1) is 0 Å². The Morgan fingerprint density at radius 1 is 1.38 bits per heavy atom. The van der Waals surface area contributed by atoms with Crippen molar-refractivity contribution in [1.29, 1.82) is 0 Å². The summed E-state index contributed by atoms with van der Waals surface area (Å²) < 4.78 is 0. The van der Waals surface area contributed by atoms with E-state index in [1.165, 1.54) is 0 Å². The molecule has 0 radical (unpaired) electrons. The maximum Gasteiger partial charge on any atom is 0.271 e. The van der Waals surface area contributed by atoms with E-state index in [1.54, 1.807) is 29.7 Å². The fourth-order valence-electron chi connectivity index (χ4n) is 0.774. The van der Waals surface area contributed by atoms with E-state index in [0.29, 0.717) is 5.56 Å². The summed E-state index contributed by atoms with van der Waals surface area (Å²) in [6.45, 7) is 0. The predicted molar refractivity (Wildman–Crippen MR) is 47.3 cm³/mol. The largest absolute Gasteiger partial charge is 0.290 e. The van der Waals surface area contributed by atoms with Crippen LogP contribution in [0.25, 0.3) is 0 Å². The number of carbonyl (C=O) groups is 1. The van der Waals surface area contributed by atoms with E-state index in [-0.39, 0.29) is 5.91 Å². The highest BCUT2D eigenvalue weighted by atomic mass is 16.5. The van der Waals surface area contributed by atoms with Gasteiger partial charge in [-0.1, -0.05) is 18.2 Å². The van der Waals surface area contributed by atoms with E-state index in [2.05, 4.69) is 10.5 Å². The highest BCUT2D eigenvalue weighted by Crippen LogP contribution is 1.96. The van der Waals surface area contributed by atoms with Crippen LogP contribution in [-0.2, 0) is 0 Å². The molecule has 5 nitrogen and oxygen atoms in total. The van der Waals surface area contributed by atoms with Crippen molar-refractivity contribution < 1.29 is 10.0 Å². The summed E-state index contributed by atoms with van der Waals surface area (Å²) in [5.41, 5.74) is 4.39. The zero-order valence-corrected chi connectivity index (χ0v) is 6.77. The average Bonchev–Trinajstić information content (AvgIpc) is 2.19. The Bertz CT molecular complexity index is 298. The molecule has 0 heterocycles. The van der Waals surface area contributed by atoms with Gasteiger partial charge in [-0.3, -0.25) is 15.5 Å². The Kier molecular flexibility index (Phi) is 3.46. The third kappa shape index (κ3) is 2.92. The molecule has 13 heavy (non-hydrogen) atoms. The van der Waals surface area contributed by atoms with Gasteiger partial charge in [-0.25, -0.2) is 5.43 Å². The lowest BCUT2D eigenvalue weighted by Crippen LogP contribution is -2.19. The number of hydrazone groups is 1. The highest BCUT2D eigenvalue weighted by Gasteiger charge is 2.00. The van der Waals surface area contributed by atoms with Gasteiger partial charge in [0, 0.05) is 5.56 Å². The van der Waals surface area contributed by atoms with Gasteiger partial charge in [0.2, 0.25) is 0 Å². The van der Waals surface area contributed by atoms with Crippen LogP contribution < -0.4 is 10.9 Å². The van der Waals surface area contributed by atoms with Crippen LogP contribution in [-0.4, -0.2) is 17.5 Å². The van der Waals surface area contributed by atoms with Gasteiger partial charge in [0.1, 0.15) is 6.34 Å². The zero-order valence-electron chi connectivity index (χ0n) is 6.77. The SMILES string of the molecule is O=C(NN=CNO)c1ccccc1. The van der Waals surface area contributed by atoms with E-state index in [0.717, 1.165) is 6.34 Å². The van der Waals surface area contributed by atoms with E-state index in [9.17, 15) is 4.79 Å². The molecule has 0 bridgehead atoms. The first kappa shape index (κ1) is 9.21. The molecule has 68 valence electrons. The molecular formula is C8H9N3O2. The number of nitrogens with one attached hydrogen (secondary N) is 2. The lowest BCUT2D eigenvalue weighted by atomic mass is 10.2. The van der Waals surface area contributed by atoms with Crippen LogP contribution in [0.15, 0.2) is 35.4 Å². The van der Waals surface area contributed by atoms with Crippen LogP contribution in [0.2, 0.25) is 0 Å². The molecule has 1 amide bonds. The molecule has 1 aromatic carbocycles. The maximum absolute atomic E-state index is 11.2. The molecule has 0 aliphatic rings. The smallest absolute Gasteiger partial charge is 0.271 e. The minimum Gasteiger partial charge on any atom is -0.290 e. The van der Waals surface area contributed by atoms with Crippen molar-refractivity contribution in [1.82, 2.24) is 10.9 Å². The Labute approximate surface area is 75.0 Å². The summed E-state index contributed by atoms with van der Waals surface area (Å²) in [6.07, 6.45) is 0.959. The van der Waals surface area contributed by atoms with Crippen molar-refractivity contribution in [2.45, 2.75) is 0 Å². The van der Waals surface area contributed by atoms with Gasteiger partial charge in [-0.05, 0) is 12.1 Å². The summed E-state index contributed by atoms with van der Waals surface area (Å²) in [6, 6.07) is 8.65. The normalized spacial score (nSPS) is 9.92. The Balaban J connectivity index is 2.54. The molecule has 0 aliphatic heterocycles. The average molecular weight is 179 g/mol. The van der Waals surface area contributed by atoms with Gasteiger partial charge in [-0.2, -0.15) is 5.10 Å². The molecule has 0 atom stereocenters. The van der Waals surface area contributed by atoms with E-state index >= 15 is 0 Å². The second-order valence-electron chi connectivity index (χ2n) is 2.19. The van der Waals surface area contributed by atoms with Crippen LogP contribution in [0, 0.1) is 0 Å². The van der Waals surface area contributed by atoms with E-state index in [4.69, 9.17) is 5.21 Å². The molecule has 1 rings (SSSR count). The first-order valence-electron chi connectivity index (χ1n) is 3.61. The number of hydrogen-bond donors (Lipinski definition) is 3. The monoisotopic (exact) mass is 179 g/mol. The van der Waals surface area contributed by atoms with Crippen LogP contribution in [0.3, 0.4) is 0 Å². The molecule has 0 aliphatic carbocycles. The minimum absolute atomic E-state index is 0.327. The first-order valence-corrected chi connectivity index (χ1v) is 3.61. The van der Waals surface area contributed by atoms with Crippen molar-refractivity contribution in [3.63, 3.8) is 0 Å². The predicted octanol–water partition coefficient (Wildman–Crippen LogP) is 0.338. The Morgan fingerprint density at radius 2 is 2.08 bits per heavy atom. The van der Waals surface area contributed by atoms with Crippen LogP contribution in [0.1, 0.15) is 10.4 Å². The first-order chi connectivity index (χ1) is 6.34. The fraction of sp³-hybridized carbons (Fsp3) is 0. The van der Waals surface area contributed by atoms with Crippen molar-refractivity contribution in [3.8, 4) is 0 Å². The van der Waals surface area contributed by atoms with Crippen LogP contribution >= 0.6 is 0 Å². The highest BCUT2D eigenvalue weighted by molar-refractivity contribution is 5.94. The molecular weight excluding hydrogens is 170 g/mol. The maximum atomic E-state index is 11.2. The number of nitrogens with zero attached hydrogens (tertiary/aromatic N) is 1. The molecule has 5 heteroatoms. The third-order valence-corrected chi connectivity index (χ3v) is 1.32. The quantitative estimate of drug-likeness (QED) is 0.356. The second-order valence-corrected chi connectivity index (χ2v) is 2.19. The number of hydrogen-bond acceptors (Lipinski definition) is 3. The molecule has 1 aromatic rings. The summed E-state index contributed by atoms with van der Waals surface area (Å²) >= 11 is 0. The van der Waals surface area contributed by atoms with Gasteiger partial charge in [-0.15, -0.1) is 0 Å². The lowest BCUT2D eigenvalue weighted by molar-refractivity contribution is 0.0954. The number of benzene rings is 1. The second kappa shape index (κ2) is 4.89. The Morgan fingerprint density at radius 3 is 2.69 bits per heavy atom. The molecule has 0 saturated carbocycles. The standard InChI is InChI=1S/C8H9N3O2/c12-8(11-9-6-10-13)7-4-2-1-3-5-7/h1-6,13H,(H,9,10)(H,11,12). The van der Waals surface area contributed by atoms with Gasteiger partial charge in [0.25, 0.3) is 5.91 Å². The molecule has 0 spiro atoms. The van der Waals surface area contributed by atoms with Crippen molar-refractivity contribution in [2.75, 3.05) is 0 Å². The van der Waals surface area contributed by atoms with Gasteiger partial charge in [0.15, 0.2) is 0 Å². The van der Waals surface area contributed by atoms with Crippen molar-refractivity contribution in [2.24, 2.45) is 5.10 Å². The Hall–Kier alpha value is -1.88. The molecule has 0 aromatic heterocycles. The summed E-state index contributed by atoms with van der Waals surface area (Å²) in [5.74, 6) is -0.327. The summed E-state index contributed by atoms with van der Waals surface area (Å²) in [4.78, 5) is 11.2. The number of hydroxylamine groups is 1. The zero-order chi connectivity index (χ0) is 9.52. The van der Waals surface area contributed by atoms with E-state index in [1.807, 2.05) is 6.07 Å². The third-order valence-electron chi connectivity index (χ3n) is 1.32. The summed E-state index contributed by atoms with van der Waals surface area (Å²) in [5, 5.41) is 11.5. The summed E-state index contributed by atoms with van der Waals surface area (Å²) in [7, 11) is 0. The molecule has 3 N–H and O–H groups in total. The van der Waals surface area contributed by atoms with Crippen molar-refractivity contribution in [3.05, 3.63) is 35.9 Å². The van der Waals surface area contributed by atoms with Crippen molar-refractivity contribution >= 4 is 12.2 Å². The molecule has 0 saturated heterocycles.